The second-order valence-corrected chi connectivity index (χ2v) is 8.54. The van der Waals surface area contributed by atoms with E-state index in [4.69, 9.17) is 0 Å². The maximum atomic E-state index is 12.8. The fourth-order valence-electron chi connectivity index (χ4n) is 3.64. The van der Waals surface area contributed by atoms with Gasteiger partial charge in [-0.15, -0.1) is 0 Å². The van der Waals surface area contributed by atoms with Gasteiger partial charge in [-0.1, -0.05) is 12.1 Å². The standard InChI is InChI=1S/C22H22N4O4S/c1-16-3-2-4-19(13-16)24-11-9-23(10-12-24)15-25-21(27)20(31-22(25)28)14-17-5-7-18(8-6-17)26(29)30/h2-8,13-14H,9-12,15H2,1H3. The minimum Gasteiger partial charge on any atom is -0.369 e. The first kappa shape index (κ1) is 21.1. The SMILES string of the molecule is Cc1cccc(N2CCN(CN3C(=O)SC(=Cc4ccc([N+](=O)[O-])cc4)C3=O)CC2)c1. The third-order valence-corrected chi connectivity index (χ3v) is 6.26. The lowest BCUT2D eigenvalue weighted by atomic mass is 10.2. The third kappa shape index (κ3) is 4.78. The van der Waals surface area contributed by atoms with E-state index in [2.05, 4.69) is 41.0 Å². The summed E-state index contributed by atoms with van der Waals surface area (Å²) in [6.07, 6.45) is 1.60. The zero-order valence-corrected chi connectivity index (χ0v) is 17.9. The van der Waals surface area contributed by atoms with Gasteiger partial charge in [0.2, 0.25) is 0 Å². The molecule has 2 aromatic rings. The number of thioether (sulfide) groups is 1. The first-order valence-corrected chi connectivity index (χ1v) is 10.8. The van der Waals surface area contributed by atoms with Crippen LogP contribution in [0, 0.1) is 17.0 Å². The molecule has 8 nitrogen and oxygen atoms in total. The Hall–Kier alpha value is -3.17. The summed E-state index contributed by atoms with van der Waals surface area (Å²) in [5.74, 6) is -0.325. The highest BCUT2D eigenvalue weighted by Crippen LogP contribution is 2.32. The Balaban J connectivity index is 1.37. The first-order valence-electron chi connectivity index (χ1n) is 9.94. The molecule has 2 aliphatic rings. The number of anilines is 1. The van der Waals surface area contributed by atoms with Gasteiger partial charge in [0, 0.05) is 44.0 Å². The maximum absolute atomic E-state index is 12.8. The van der Waals surface area contributed by atoms with Crippen LogP contribution in [0.5, 0.6) is 0 Å². The number of non-ortho nitro benzene ring substituents is 1. The number of aryl methyl sites for hydroxylation is 1. The van der Waals surface area contributed by atoms with E-state index in [1.165, 1.54) is 28.3 Å². The lowest BCUT2D eigenvalue weighted by Crippen LogP contribution is -2.50. The topological polar surface area (TPSA) is 87.0 Å². The van der Waals surface area contributed by atoms with E-state index in [0.717, 1.165) is 37.9 Å². The average molecular weight is 439 g/mol. The fraction of sp³-hybridized carbons (Fsp3) is 0.273. The highest BCUT2D eigenvalue weighted by atomic mass is 32.2. The molecule has 0 unspecified atom stereocenters. The summed E-state index contributed by atoms with van der Waals surface area (Å²) in [6, 6.07) is 14.3. The van der Waals surface area contributed by atoms with Crippen LogP contribution in [0.1, 0.15) is 11.1 Å². The Kier molecular flexibility index (Phi) is 6.06. The number of amides is 2. The highest BCUT2D eigenvalue weighted by Gasteiger charge is 2.36. The molecule has 2 heterocycles. The molecule has 0 radical (unpaired) electrons. The Morgan fingerprint density at radius 3 is 2.42 bits per heavy atom. The number of nitro groups is 1. The summed E-state index contributed by atoms with van der Waals surface area (Å²) in [4.78, 5) is 41.5. The number of rotatable bonds is 5. The third-order valence-electron chi connectivity index (χ3n) is 5.36. The molecule has 0 spiro atoms. The molecule has 2 fully saturated rings. The molecule has 4 rings (SSSR count). The second-order valence-electron chi connectivity index (χ2n) is 7.54. The van der Waals surface area contributed by atoms with Gasteiger partial charge in [0.1, 0.15) is 0 Å². The number of carbonyl (C=O) groups is 2. The molecule has 2 saturated heterocycles. The van der Waals surface area contributed by atoms with Crippen molar-refractivity contribution >= 4 is 40.4 Å². The second kappa shape index (κ2) is 8.91. The predicted molar refractivity (Wildman–Crippen MR) is 121 cm³/mol. The van der Waals surface area contributed by atoms with Crippen LogP contribution in [0.15, 0.2) is 53.4 Å². The molecule has 2 aliphatic heterocycles. The lowest BCUT2D eigenvalue weighted by Gasteiger charge is -2.37. The Labute approximate surface area is 184 Å². The molecule has 160 valence electrons. The Bertz CT molecular complexity index is 1050. The van der Waals surface area contributed by atoms with Gasteiger partial charge < -0.3 is 4.90 Å². The van der Waals surface area contributed by atoms with Crippen molar-refractivity contribution < 1.29 is 14.5 Å². The van der Waals surface area contributed by atoms with Gasteiger partial charge in [0.15, 0.2) is 0 Å². The van der Waals surface area contributed by atoms with E-state index >= 15 is 0 Å². The predicted octanol–water partition coefficient (Wildman–Crippen LogP) is 3.72. The zero-order chi connectivity index (χ0) is 22.0. The van der Waals surface area contributed by atoms with Crippen molar-refractivity contribution in [1.29, 1.82) is 0 Å². The van der Waals surface area contributed by atoms with E-state index in [1.807, 2.05) is 0 Å². The monoisotopic (exact) mass is 438 g/mol. The number of piperazine rings is 1. The van der Waals surface area contributed by atoms with Crippen molar-refractivity contribution in [2.75, 3.05) is 37.7 Å². The summed E-state index contributed by atoms with van der Waals surface area (Å²) in [7, 11) is 0. The van der Waals surface area contributed by atoms with Crippen molar-refractivity contribution in [3.8, 4) is 0 Å². The molecule has 0 N–H and O–H groups in total. The fourth-order valence-corrected chi connectivity index (χ4v) is 4.47. The summed E-state index contributed by atoms with van der Waals surface area (Å²) >= 11 is 0.902. The Morgan fingerprint density at radius 2 is 1.77 bits per heavy atom. The van der Waals surface area contributed by atoms with Crippen LogP contribution in [-0.2, 0) is 4.79 Å². The number of carbonyl (C=O) groups excluding carboxylic acids is 2. The van der Waals surface area contributed by atoms with Crippen LogP contribution in [0.3, 0.4) is 0 Å². The average Bonchev–Trinajstić information content (AvgIpc) is 3.02. The van der Waals surface area contributed by atoms with Crippen molar-refractivity contribution in [2.24, 2.45) is 0 Å². The number of hydrogen-bond acceptors (Lipinski definition) is 7. The molecule has 0 aromatic heterocycles. The van der Waals surface area contributed by atoms with Crippen LogP contribution in [0.4, 0.5) is 16.2 Å². The summed E-state index contributed by atoms with van der Waals surface area (Å²) in [6.45, 7) is 5.53. The van der Waals surface area contributed by atoms with Gasteiger partial charge in [-0.3, -0.25) is 29.5 Å². The van der Waals surface area contributed by atoms with Gasteiger partial charge in [-0.05, 0) is 60.2 Å². The first-order chi connectivity index (χ1) is 14.9. The van der Waals surface area contributed by atoms with Crippen molar-refractivity contribution in [1.82, 2.24) is 9.80 Å². The van der Waals surface area contributed by atoms with Crippen LogP contribution in [-0.4, -0.2) is 58.7 Å². The van der Waals surface area contributed by atoms with Gasteiger partial charge in [0.05, 0.1) is 16.5 Å². The molecule has 0 atom stereocenters. The van der Waals surface area contributed by atoms with Gasteiger partial charge >= 0.3 is 0 Å². The van der Waals surface area contributed by atoms with Crippen LogP contribution >= 0.6 is 11.8 Å². The van der Waals surface area contributed by atoms with Gasteiger partial charge in [0.25, 0.3) is 16.8 Å². The molecule has 2 amide bonds. The van der Waals surface area contributed by atoms with Crippen LogP contribution < -0.4 is 4.90 Å². The number of benzene rings is 2. The van der Waals surface area contributed by atoms with Gasteiger partial charge in [-0.2, -0.15) is 0 Å². The van der Waals surface area contributed by atoms with E-state index in [0.29, 0.717) is 10.5 Å². The van der Waals surface area contributed by atoms with Crippen LogP contribution in [0.25, 0.3) is 6.08 Å². The molecule has 0 aliphatic carbocycles. The molecular formula is C22H22N4O4S. The smallest absolute Gasteiger partial charge is 0.294 e. The molecule has 2 aromatic carbocycles. The van der Waals surface area contributed by atoms with Crippen molar-refractivity contribution in [3.63, 3.8) is 0 Å². The number of imide groups is 1. The minimum atomic E-state index is -0.476. The van der Waals surface area contributed by atoms with Gasteiger partial charge in [-0.25, -0.2) is 0 Å². The molecule has 0 saturated carbocycles. The number of nitrogens with zero attached hydrogens (tertiary/aromatic N) is 4. The van der Waals surface area contributed by atoms with Crippen LogP contribution in [0.2, 0.25) is 0 Å². The Morgan fingerprint density at radius 1 is 1.06 bits per heavy atom. The molecular weight excluding hydrogens is 416 g/mol. The van der Waals surface area contributed by atoms with E-state index in [9.17, 15) is 19.7 Å². The van der Waals surface area contributed by atoms with Crippen molar-refractivity contribution in [2.45, 2.75) is 6.92 Å². The van der Waals surface area contributed by atoms with E-state index in [-0.39, 0.29) is 23.5 Å². The zero-order valence-electron chi connectivity index (χ0n) is 17.1. The summed E-state index contributed by atoms with van der Waals surface area (Å²) < 4.78 is 0. The van der Waals surface area contributed by atoms with E-state index < -0.39 is 4.92 Å². The molecule has 31 heavy (non-hydrogen) atoms. The number of hydrogen-bond donors (Lipinski definition) is 0. The highest BCUT2D eigenvalue weighted by molar-refractivity contribution is 8.18. The summed E-state index contributed by atoms with van der Waals surface area (Å²) in [5, 5.41) is 10.5. The molecule has 9 heteroatoms. The number of nitro benzene ring substituents is 1. The quantitative estimate of drug-likeness (QED) is 0.399. The molecule has 0 bridgehead atoms. The summed E-state index contributed by atoms with van der Waals surface area (Å²) in [5.41, 5.74) is 3.03. The normalized spacial score (nSPS) is 18.8. The lowest BCUT2D eigenvalue weighted by molar-refractivity contribution is -0.384. The van der Waals surface area contributed by atoms with E-state index in [1.54, 1.807) is 18.2 Å². The maximum Gasteiger partial charge on any atom is 0.294 e. The minimum absolute atomic E-state index is 0.0185. The largest absolute Gasteiger partial charge is 0.369 e. The van der Waals surface area contributed by atoms with Crippen molar-refractivity contribution in [3.05, 3.63) is 74.7 Å².